The number of hydrogen-bond acceptors (Lipinski definition) is 4. The van der Waals surface area contributed by atoms with E-state index < -0.39 is 15.8 Å². The Bertz CT molecular complexity index is 1120. The zero-order valence-electron chi connectivity index (χ0n) is 12.6. The van der Waals surface area contributed by atoms with E-state index >= 15 is 0 Å². The number of oxazole rings is 1. The van der Waals surface area contributed by atoms with Crippen molar-refractivity contribution in [3.63, 3.8) is 0 Å². The Hall–Kier alpha value is -1.96. The fraction of sp³-hybridized carbons (Fsp3) is 0.133. The first-order chi connectivity index (χ1) is 11.2. The molecule has 1 heterocycles. The summed E-state index contributed by atoms with van der Waals surface area (Å²) in [5.74, 6) is -0.526. The van der Waals surface area contributed by atoms with Crippen LogP contribution in [0.4, 0.5) is 5.69 Å². The van der Waals surface area contributed by atoms with E-state index in [-0.39, 0.29) is 14.9 Å². The van der Waals surface area contributed by atoms with Crippen LogP contribution in [-0.4, -0.2) is 13.0 Å². The van der Waals surface area contributed by atoms with E-state index in [0.29, 0.717) is 22.4 Å². The highest BCUT2D eigenvalue weighted by Gasteiger charge is 2.20. The molecule has 0 saturated heterocycles. The highest BCUT2D eigenvalue weighted by molar-refractivity contribution is 7.92. The highest BCUT2D eigenvalue weighted by Crippen LogP contribution is 2.29. The Labute approximate surface area is 147 Å². The van der Waals surface area contributed by atoms with Crippen LogP contribution in [0.15, 0.2) is 44.4 Å². The van der Waals surface area contributed by atoms with Gasteiger partial charge in [-0.05, 0) is 42.8 Å². The lowest BCUT2D eigenvalue weighted by Crippen LogP contribution is -2.14. The molecule has 1 aromatic heterocycles. The van der Waals surface area contributed by atoms with Crippen molar-refractivity contribution in [3.8, 4) is 0 Å². The highest BCUT2D eigenvalue weighted by atomic mass is 35.5. The number of aryl methyl sites for hydroxylation is 2. The average Bonchev–Trinajstić information content (AvgIpc) is 2.76. The van der Waals surface area contributed by atoms with Crippen LogP contribution in [0.5, 0.6) is 0 Å². The molecule has 1 N–H and O–H groups in total. The molecular formula is C15H12Cl2N2O4S. The van der Waals surface area contributed by atoms with E-state index in [1.54, 1.807) is 13.0 Å². The lowest BCUT2D eigenvalue weighted by Gasteiger charge is -2.12. The van der Waals surface area contributed by atoms with Crippen molar-refractivity contribution >= 4 is 50.0 Å². The summed E-state index contributed by atoms with van der Waals surface area (Å²) in [5.41, 5.74) is 1.76. The summed E-state index contributed by atoms with van der Waals surface area (Å²) in [7, 11) is -2.41. The molecule has 0 spiro atoms. The predicted octanol–water partition coefficient (Wildman–Crippen LogP) is 3.55. The Morgan fingerprint density at radius 1 is 1.17 bits per heavy atom. The molecule has 0 unspecified atom stereocenters. The molecule has 24 heavy (non-hydrogen) atoms. The molecule has 0 bridgehead atoms. The third-order valence-corrected chi connectivity index (χ3v) is 5.65. The number of halogens is 2. The van der Waals surface area contributed by atoms with Gasteiger partial charge >= 0.3 is 5.76 Å². The van der Waals surface area contributed by atoms with Gasteiger partial charge in [0.15, 0.2) is 5.58 Å². The minimum absolute atomic E-state index is 0.0568. The predicted molar refractivity (Wildman–Crippen MR) is 93.5 cm³/mol. The van der Waals surface area contributed by atoms with Crippen molar-refractivity contribution in [2.75, 3.05) is 4.72 Å². The summed E-state index contributed by atoms with van der Waals surface area (Å²) in [4.78, 5) is 11.4. The second-order valence-corrected chi connectivity index (χ2v) is 7.74. The van der Waals surface area contributed by atoms with E-state index in [9.17, 15) is 13.2 Å². The fourth-order valence-electron chi connectivity index (χ4n) is 2.27. The van der Waals surface area contributed by atoms with Gasteiger partial charge in [0, 0.05) is 12.1 Å². The van der Waals surface area contributed by atoms with E-state index in [1.165, 1.54) is 35.9 Å². The van der Waals surface area contributed by atoms with Crippen molar-refractivity contribution in [2.24, 2.45) is 7.05 Å². The molecule has 3 rings (SSSR count). The minimum atomic E-state index is -3.95. The largest absolute Gasteiger partial charge is 0.419 e. The topological polar surface area (TPSA) is 81.3 Å². The Morgan fingerprint density at radius 3 is 2.58 bits per heavy atom. The van der Waals surface area contributed by atoms with Gasteiger partial charge in [-0.25, -0.2) is 13.2 Å². The molecule has 0 aliphatic carbocycles. The molecule has 0 aliphatic rings. The van der Waals surface area contributed by atoms with Gasteiger partial charge in [0.2, 0.25) is 0 Å². The van der Waals surface area contributed by atoms with Crippen LogP contribution in [0.2, 0.25) is 10.0 Å². The van der Waals surface area contributed by atoms with Gasteiger partial charge in [-0.3, -0.25) is 9.29 Å². The third-order valence-electron chi connectivity index (χ3n) is 3.57. The summed E-state index contributed by atoms with van der Waals surface area (Å²) in [6, 6.07) is 7.31. The molecule has 0 amide bonds. The van der Waals surface area contributed by atoms with Crippen LogP contribution in [0.3, 0.4) is 0 Å². The van der Waals surface area contributed by atoms with Crippen LogP contribution in [0, 0.1) is 6.92 Å². The zero-order valence-corrected chi connectivity index (χ0v) is 15.0. The lowest BCUT2D eigenvalue weighted by molar-refractivity contribution is 0.528. The SMILES string of the molecule is Cc1cc2oc(=O)n(C)c2cc1NS(=O)(=O)c1cc(Cl)ccc1Cl. The third kappa shape index (κ3) is 2.90. The second kappa shape index (κ2) is 5.84. The molecule has 6 nitrogen and oxygen atoms in total. The molecule has 0 aliphatic heterocycles. The van der Waals surface area contributed by atoms with Gasteiger partial charge in [-0.15, -0.1) is 0 Å². The molecule has 0 radical (unpaired) electrons. The first-order valence-electron chi connectivity index (χ1n) is 6.77. The number of sulfonamides is 1. The molecule has 0 atom stereocenters. The summed E-state index contributed by atoms with van der Waals surface area (Å²) >= 11 is 11.8. The molecule has 2 aromatic carbocycles. The van der Waals surface area contributed by atoms with Crippen molar-refractivity contribution in [1.82, 2.24) is 4.57 Å². The average molecular weight is 387 g/mol. The van der Waals surface area contributed by atoms with Crippen molar-refractivity contribution in [3.05, 3.63) is 56.5 Å². The smallest absolute Gasteiger partial charge is 0.408 e. The molecule has 9 heteroatoms. The first-order valence-corrected chi connectivity index (χ1v) is 9.01. The first kappa shape index (κ1) is 16.9. The molecule has 0 saturated carbocycles. The number of nitrogens with one attached hydrogen (secondary N) is 1. The fourth-order valence-corrected chi connectivity index (χ4v) is 4.15. The summed E-state index contributed by atoms with van der Waals surface area (Å²) in [6.45, 7) is 1.70. The van der Waals surface area contributed by atoms with Crippen LogP contribution in [0.25, 0.3) is 11.1 Å². The van der Waals surface area contributed by atoms with Gasteiger partial charge in [-0.2, -0.15) is 0 Å². The van der Waals surface area contributed by atoms with Crippen molar-refractivity contribution in [1.29, 1.82) is 0 Å². The quantitative estimate of drug-likeness (QED) is 0.745. The van der Waals surface area contributed by atoms with Gasteiger partial charge in [0.05, 0.1) is 16.2 Å². The Kier molecular flexibility index (Phi) is 4.11. The number of hydrogen-bond donors (Lipinski definition) is 1. The standard InChI is InChI=1S/C15H12Cl2N2O4S/c1-8-5-13-12(19(2)15(20)23-13)7-11(8)18-24(21,22)14-6-9(16)3-4-10(14)17/h3-7,18H,1-2H3. The number of anilines is 1. The maximum absolute atomic E-state index is 12.6. The number of rotatable bonds is 3. The normalized spacial score (nSPS) is 11.8. The summed E-state index contributed by atoms with van der Waals surface area (Å²) in [6.07, 6.45) is 0. The van der Waals surface area contributed by atoms with Gasteiger partial charge in [0.25, 0.3) is 10.0 Å². The van der Waals surface area contributed by atoms with Gasteiger partial charge in [0.1, 0.15) is 4.90 Å². The van der Waals surface area contributed by atoms with E-state index in [4.69, 9.17) is 27.6 Å². The maximum atomic E-state index is 12.6. The monoisotopic (exact) mass is 386 g/mol. The van der Waals surface area contributed by atoms with Gasteiger partial charge in [-0.1, -0.05) is 23.2 Å². The number of benzene rings is 2. The van der Waals surface area contributed by atoms with Crippen LogP contribution >= 0.6 is 23.2 Å². The molecule has 126 valence electrons. The molecule has 0 fully saturated rings. The Balaban J connectivity index is 2.11. The van der Waals surface area contributed by atoms with Crippen LogP contribution in [-0.2, 0) is 17.1 Å². The van der Waals surface area contributed by atoms with Gasteiger partial charge < -0.3 is 4.42 Å². The lowest BCUT2D eigenvalue weighted by atomic mass is 10.2. The summed E-state index contributed by atoms with van der Waals surface area (Å²) < 4.78 is 34.1. The van der Waals surface area contributed by atoms with Crippen LogP contribution < -0.4 is 10.5 Å². The van der Waals surface area contributed by atoms with Crippen LogP contribution in [0.1, 0.15) is 5.56 Å². The molecule has 3 aromatic rings. The summed E-state index contributed by atoms with van der Waals surface area (Å²) in [5, 5.41) is 0.311. The number of nitrogens with zero attached hydrogens (tertiary/aromatic N) is 1. The van der Waals surface area contributed by atoms with E-state index in [2.05, 4.69) is 4.72 Å². The Morgan fingerprint density at radius 2 is 1.88 bits per heavy atom. The minimum Gasteiger partial charge on any atom is -0.408 e. The van der Waals surface area contributed by atoms with E-state index in [1.807, 2.05) is 0 Å². The number of aromatic nitrogens is 1. The van der Waals surface area contributed by atoms with Crippen molar-refractivity contribution in [2.45, 2.75) is 11.8 Å². The van der Waals surface area contributed by atoms with Crippen molar-refractivity contribution < 1.29 is 12.8 Å². The number of fused-ring (bicyclic) bond motifs is 1. The zero-order chi connectivity index (χ0) is 17.6. The maximum Gasteiger partial charge on any atom is 0.419 e. The second-order valence-electron chi connectivity index (χ2n) is 5.24. The van der Waals surface area contributed by atoms with E-state index in [0.717, 1.165) is 0 Å². The molecular weight excluding hydrogens is 375 g/mol.